The molecule has 1 fully saturated rings. The number of halogens is 2. The van der Waals surface area contributed by atoms with Crippen LogP contribution in [0, 0.1) is 0 Å². The molecule has 0 aromatic heterocycles. The number of carbonyl (C=O) groups excluding carboxylic acids is 1. The minimum atomic E-state index is -0.476. The second-order valence-corrected chi connectivity index (χ2v) is 7.49. The zero-order valence-electron chi connectivity index (χ0n) is 12.5. The van der Waals surface area contributed by atoms with Gasteiger partial charge in [-0.3, -0.25) is 0 Å². The minimum absolute atomic E-state index is 0.0567. The standard InChI is InChI=1S/C15H20BrClN2O2/c1-15(2,3)21-14(20)19-5-4-18-13(9-19)10-6-11(16)8-12(17)7-10/h6-8,13,18H,4-5,9H2,1-3H3. The van der Waals surface area contributed by atoms with Crippen molar-refractivity contribution in [3.8, 4) is 0 Å². The average Bonchev–Trinajstić information content (AvgIpc) is 2.36. The summed E-state index contributed by atoms with van der Waals surface area (Å²) in [6.45, 7) is 7.57. The van der Waals surface area contributed by atoms with E-state index in [1.165, 1.54) is 0 Å². The second kappa shape index (κ2) is 6.55. The van der Waals surface area contributed by atoms with Crippen LogP contribution in [0.2, 0.25) is 5.02 Å². The summed E-state index contributed by atoms with van der Waals surface area (Å²) in [4.78, 5) is 13.9. The summed E-state index contributed by atoms with van der Waals surface area (Å²) in [5, 5.41) is 4.09. The van der Waals surface area contributed by atoms with Gasteiger partial charge in [-0.1, -0.05) is 27.5 Å². The van der Waals surface area contributed by atoms with Gasteiger partial charge in [0, 0.05) is 29.1 Å². The third kappa shape index (κ3) is 4.87. The van der Waals surface area contributed by atoms with E-state index in [0.717, 1.165) is 16.6 Å². The number of hydrogen-bond donors (Lipinski definition) is 1. The van der Waals surface area contributed by atoms with Crippen molar-refractivity contribution in [3.05, 3.63) is 33.3 Å². The van der Waals surface area contributed by atoms with Crippen molar-refractivity contribution in [1.82, 2.24) is 10.2 Å². The molecule has 1 heterocycles. The molecule has 1 atom stereocenters. The molecule has 0 aliphatic carbocycles. The van der Waals surface area contributed by atoms with Gasteiger partial charge in [0.2, 0.25) is 0 Å². The number of carbonyl (C=O) groups is 1. The predicted molar refractivity (Wildman–Crippen MR) is 87.7 cm³/mol. The van der Waals surface area contributed by atoms with E-state index in [2.05, 4.69) is 21.2 Å². The molecule has 21 heavy (non-hydrogen) atoms. The smallest absolute Gasteiger partial charge is 0.410 e. The molecular weight excluding hydrogens is 356 g/mol. The molecule has 0 radical (unpaired) electrons. The third-order valence-corrected chi connectivity index (χ3v) is 3.79. The highest BCUT2D eigenvalue weighted by atomic mass is 79.9. The number of rotatable bonds is 1. The van der Waals surface area contributed by atoms with Gasteiger partial charge >= 0.3 is 6.09 Å². The molecule has 0 bridgehead atoms. The van der Waals surface area contributed by atoms with Crippen LogP contribution < -0.4 is 5.32 Å². The molecule has 1 saturated heterocycles. The molecule has 1 aromatic carbocycles. The van der Waals surface area contributed by atoms with Crippen LogP contribution in [0.15, 0.2) is 22.7 Å². The van der Waals surface area contributed by atoms with Gasteiger partial charge in [0.15, 0.2) is 0 Å². The van der Waals surface area contributed by atoms with Gasteiger partial charge in [-0.25, -0.2) is 4.79 Å². The van der Waals surface area contributed by atoms with Gasteiger partial charge in [-0.15, -0.1) is 0 Å². The maximum absolute atomic E-state index is 12.2. The lowest BCUT2D eigenvalue weighted by atomic mass is 10.0. The van der Waals surface area contributed by atoms with Crippen LogP contribution in [0.1, 0.15) is 32.4 Å². The normalized spacial score (nSPS) is 19.5. The van der Waals surface area contributed by atoms with Crippen LogP contribution in [-0.4, -0.2) is 36.2 Å². The van der Waals surface area contributed by atoms with Crippen LogP contribution >= 0.6 is 27.5 Å². The minimum Gasteiger partial charge on any atom is -0.444 e. The zero-order chi connectivity index (χ0) is 15.6. The van der Waals surface area contributed by atoms with Crippen molar-refractivity contribution < 1.29 is 9.53 Å². The Labute approximate surface area is 138 Å². The largest absolute Gasteiger partial charge is 0.444 e. The Bertz CT molecular complexity index is 511. The monoisotopic (exact) mass is 374 g/mol. The lowest BCUT2D eigenvalue weighted by Gasteiger charge is -2.35. The molecule has 2 rings (SSSR count). The van der Waals surface area contributed by atoms with Crippen molar-refractivity contribution in [2.75, 3.05) is 19.6 Å². The molecule has 1 amide bonds. The first kappa shape index (κ1) is 16.6. The van der Waals surface area contributed by atoms with Gasteiger partial charge in [0.1, 0.15) is 5.60 Å². The Morgan fingerprint density at radius 3 is 2.76 bits per heavy atom. The first-order chi connectivity index (χ1) is 9.74. The highest BCUT2D eigenvalue weighted by Gasteiger charge is 2.28. The Hall–Kier alpha value is -0.780. The summed E-state index contributed by atoms with van der Waals surface area (Å²) >= 11 is 9.54. The van der Waals surface area contributed by atoms with E-state index in [9.17, 15) is 4.79 Å². The van der Waals surface area contributed by atoms with Crippen molar-refractivity contribution in [1.29, 1.82) is 0 Å². The van der Waals surface area contributed by atoms with E-state index in [1.54, 1.807) is 4.90 Å². The SMILES string of the molecule is CC(C)(C)OC(=O)N1CCNC(c2cc(Cl)cc(Br)c2)C1. The van der Waals surface area contributed by atoms with Crippen molar-refractivity contribution in [2.45, 2.75) is 32.4 Å². The first-order valence-electron chi connectivity index (χ1n) is 6.92. The van der Waals surface area contributed by atoms with Gasteiger partial charge in [0.05, 0.1) is 6.04 Å². The van der Waals surface area contributed by atoms with Crippen LogP contribution in [0.5, 0.6) is 0 Å². The molecular formula is C15H20BrClN2O2. The fourth-order valence-corrected chi connectivity index (χ4v) is 3.13. The van der Waals surface area contributed by atoms with Gasteiger partial charge in [-0.05, 0) is 44.5 Å². The maximum atomic E-state index is 12.2. The summed E-state index contributed by atoms with van der Waals surface area (Å²) in [5.41, 5.74) is 0.582. The molecule has 1 aromatic rings. The Morgan fingerprint density at radius 2 is 2.14 bits per heavy atom. The van der Waals surface area contributed by atoms with E-state index in [0.29, 0.717) is 18.1 Å². The molecule has 1 aliphatic heterocycles. The number of nitrogens with one attached hydrogen (secondary N) is 1. The summed E-state index contributed by atoms with van der Waals surface area (Å²) < 4.78 is 6.36. The van der Waals surface area contributed by atoms with Gasteiger partial charge in [-0.2, -0.15) is 0 Å². The summed E-state index contributed by atoms with van der Waals surface area (Å²) in [5.74, 6) is 0. The number of piperazine rings is 1. The molecule has 4 nitrogen and oxygen atoms in total. The van der Waals surface area contributed by atoms with Gasteiger partial charge < -0.3 is 15.0 Å². The molecule has 0 saturated carbocycles. The average molecular weight is 376 g/mol. The zero-order valence-corrected chi connectivity index (χ0v) is 14.8. The number of nitrogens with zero attached hydrogens (tertiary/aromatic N) is 1. The molecule has 116 valence electrons. The van der Waals surface area contributed by atoms with Crippen molar-refractivity contribution in [2.24, 2.45) is 0 Å². The topological polar surface area (TPSA) is 41.6 Å². The van der Waals surface area contributed by atoms with E-state index in [4.69, 9.17) is 16.3 Å². The Balaban J connectivity index is 2.08. The summed E-state index contributed by atoms with van der Waals surface area (Å²) in [6.07, 6.45) is -0.268. The quantitative estimate of drug-likeness (QED) is 0.807. The molecule has 1 aliphatic rings. The lowest BCUT2D eigenvalue weighted by molar-refractivity contribution is 0.0195. The van der Waals surface area contributed by atoms with Crippen LogP contribution in [0.3, 0.4) is 0 Å². The van der Waals surface area contributed by atoms with Crippen LogP contribution in [-0.2, 0) is 4.74 Å². The van der Waals surface area contributed by atoms with Crippen LogP contribution in [0.25, 0.3) is 0 Å². The molecule has 1 unspecified atom stereocenters. The lowest BCUT2D eigenvalue weighted by Crippen LogP contribution is -2.49. The fraction of sp³-hybridized carbons (Fsp3) is 0.533. The number of ether oxygens (including phenoxy) is 1. The molecule has 6 heteroatoms. The third-order valence-electron chi connectivity index (χ3n) is 3.11. The van der Waals surface area contributed by atoms with E-state index in [-0.39, 0.29) is 12.1 Å². The first-order valence-corrected chi connectivity index (χ1v) is 8.09. The van der Waals surface area contributed by atoms with Crippen molar-refractivity contribution >= 4 is 33.6 Å². The Kier molecular flexibility index (Phi) is 5.17. The number of amides is 1. The highest BCUT2D eigenvalue weighted by molar-refractivity contribution is 9.10. The summed E-state index contributed by atoms with van der Waals surface area (Å²) in [7, 11) is 0. The van der Waals surface area contributed by atoms with E-state index >= 15 is 0 Å². The second-order valence-electron chi connectivity index (χ2n) is 6.14. The fourth-order valence-electron chi connectivity index (χ4n) is 2.24. The van der Waals surface area contributed by atoms with E-state index in [1.807, 2.05) is 39.0 Å². The van der Waals surface area contributed by atoms with Gasteiger partial charge in [0.25, 0.3) is 0 Å². The Morgan fingerprint density at radius 1 is 1.43 bits per heavy atom. The van der Waals surface area contributed by atoms with Crippen LogP contribution in [0.4, 0.5) is 4.79 Å². The maximum Gasteiger partial charge on any atom is 0.410 e. The summed E-state index contributed by atoms with van der Waals surface area (Å²) in [6, 6.07) is 5.84. The predicted octanol–water partition coefficient (Wildman–Crippen LogP) is 3.98. The molecule has 1 N–H and O–H groups in total. The number of hydrogen-bond acceptors (Lipinski definition) is 3. The van der Waals surface area contributed by atoms with Crippen molar-refractivity contribution in [3.63, 3.8) is 0 Å². The highest BCUT2D eigenvalue weighted by Crippen LogP contribution is 2.26. The molecule has 0 spiro atoms. The van der Waals surface area contributed by atoms with E-state index < -0.39 is 5.60 Å². The number of benzene rings is 1.